The third-order valence-corrected chi connectivity index (χ3v) is 14.8. The Bertz CT molecular complexity index is 3640. The van der Waals surface area contributed by atoms with Crippen molar-refractivity contribution in [3.05, 3.63) is 259 Å². The molecule has 14 rings (SSSR count). The van der Waals surface area contributed by atoms with Gasteiger partial charge in [-0.15, -0.1) is 0 Å². The van der Waals surface area contributed by atoms with Crippen LogP contribution in [0.2, 0.25) is 0 Å². The van der Waals surface area contributed by atoms with Crippen molar-refractivity contribution in [2.24, 2.45) is 0 Å². The van der Waals surface area contributed by atoms with E-state index in [0.29, 0.717) is 0 Å². The highest BCUT2D eigenvalue weighted by molar-refractivity contribution is 6.15. The summed E-state index contributed by atoms with van der Waals surface area (Å²) in [5.41, 5.74) is 19.6. The molecular weight excluding hydrogens is 855 g/mol. The summed E-state index contributed by atoms with van der Waals surface area (Å²) in [5.74, 6) is 0.0776. The first-order valence-corrected chi connectivity index (χ1v) is 24.0. The van der Waals surface area contributed by atoms with Crippen LogP contribution in [-0.4, -0.2) is 10.4 Å². The molecule has 3 aliphatic rings. The summed E-state index contributed by atoms with van der Waals surface area (Å²) in [6, 6.07) is 84.5. The Kier molecular flexibility index (Phi) is 8.68. The Morgan fingerprint density at radius 3 is 1.07 bits per heavy atom. The predicted molar refractivity (Wildman–Crippen MR) is 289 cm³/mol. The number of hydrogen-bond donors (Lipinski definition) is 0. The molecule has 2 aliphatic heterocycles. The maximum Gasteiger partial charge on any atom is 0.193 e. The van der Waals surface area contributed by atoms with Crippen molar-refractivity contribution >= 4 is 95.8 Å². The number of carbonyl (C=O) groups is 1. The maximum atomic E-state index is 14.1. The van der Waals surface area contributed by atoms with E-state index in [0.717, 1.165) is 118 Å². The zero-order valence-electron chi connectivity index (χ0n) is 38.7. The largest absolute Gasteiger partial charge is 0.309 e. The van der Waals surface area contributed by atoms with Crippen molar-refractivity contribution in [2.45, 2.75) is 19.3 Å². The van der Waals surface area contributed by atoms with E-state index >= 15 is 0 Å². The SMILES string of the molecule is CC1(C)c2ccccc2C(=O)c2ccc(-n3c4ccc(N5c6ccccc6N(c6ccccc6)c6ccccc65)cc4c4cc(N5c6ccccc6N(c6ccccc6)c6ccccc65)ccc43)cc21. The second kappa shape index (κ2) is 15.2. The van der Waals surface area contributed by atoms with Gasteiger partial charge in [-0.25, -0.2) is 0 Å². The smallest absolute Gasteiger partial charge is 0.193 e. The average molecular weight is 900 g/mol. The molecule has 11 aromatic rings. The molecule has 1 aromatic heterocycles. The van der Waals surface area contributed by atoms with E-state index in [-0.39, 0.29) is 11.2 Å². The van der Waals surface area contributed by atoms with Crippen LogP contribution in [0, 0.1) is 0 Å². The number of fused-ring (bicyclic) bond motifs is 9. The van der Waals surface area contributed by atoms with Crippen molar-refractivity contribution in [2.75, 3.05) is 19.6 Å². The van der Waals surface area contributed by atoms with Gasteiger partial charge >= 0.3 is 0 Å². The zero-order chi connectivity index (χ0) is 46.7. The number of para-hydroxylation sites is 10. The standard InChI is InChI=1S/C64H45N5O/c1-64(2)51-24-10-9-23-47(51)63(70)48-36-33-46(41-52(48)64)67-53-37-34-44(68-59-29-15-11-25-55(59)65(42-19-5-3-6-20-42)56-26-12-16-30-60(56)68)39-49(53)50-40-45(35-38-54(50)67)69-61-31-17-13-27-57(61)66(43-21-7-4-8-22-43)58-28-14-18-32-62(58)69/h3-41H,1-2H3. The molecule has 0 spiro atoms. The lowest BCUT2D eigenvalue weighted by Gasteiger charge is -2.40. The van der Waals surface area contributed by atoms with Gasteiger partial charge in [0, 0.05) is 55.8 Å². The molecule has 1 aliphatic carbocycles. The van der Waals surface area contributed by atoms with Crippen molar-refractivity contribution in [1.82, 2.24) is 4.57 Å². The second-order valence-electron chi connectivity index (χ2n) is 18.9. The molecular formula is C64H45N5O. The number of anilines is 12. The molecule has 332 valence electrons. The van der Waals surface area contributed by atoms with Crippen LogP contribution in [0.15, 0.2) is 237 Å². The van der Waals surface area contributed by atoms with Crippen molar-refractivity contribution in [3.63, 3.8) is 0 Å². The Labute approximate surface area is 406 Å². The number of aromatic nitrogens is 1. The molecule has 0 saturated carbocycles. The first-order chi connectivity index (χ1) is 34.4. The topological polar surface area (TPSA) is 35.0 Å². The van der Waals surface area contributed by atoms with Crippen LogP contribution in [0.5, 0.6) is 0 Å². The fourth-order valence-corrected chi connectivity index (χ4v) is 11.6. The van der Waals surface area contributed by atoms with Crippen LogP contribution in [-0.2, 0) is 5.41 Å². The predicted octanol–water partition coefficient (Wildman–Crippen LogP) is 17.2. The van der Waals surface area contributed by atoms with E-state index < -0.39 is 0 Å². The first kappa shape index (κ1) is 40.0. The third-order valence-electron chi connectivity index (χ3n) is 14.8. The third kappa shape index (κ3) is 5.77. The average Bonchev–Trinajstić information content (AvgIpc) is 3.74. The van der Waals surface area contributed by atoms with Gasteiger partial charge in [0.15, 0.2) is 5.78 Å². The highest BCUT2D eigenvalue weighted by Gasteiger charge is 2.38. The maximum absolute atomic E-state index is 14.1. The fourth-order valence-electron chi connectivity index (χ4n) is 11.6. The molecule has 0 N–H and O–H groups in total. The van der Waals surface area contributed by atoms with E-state index in [1.807, 2.05) is 24.3 Å². The van der Waals surface area contributed by atoms with Gasteiger partial charge < -0.3 is 24.2 Å². The second-order valence-corrected chi connectivity index (χ2v) is 18.9. The molecule has 0 bridgehead atoms. The summed E-state index contributed by atoms with van der Waals surface area (Å²) in [7, 11) is 0. The quantitative estimate of drug-likeness (QED) is 0.172. The van der Waals surface area contributed by atoms with Crippen LogP contribution in [0.4, 0.5) is 68.2 Å². The zero-order valence-corrected chi connectivity index (χ0v) is 38.7. The molecule has 3 heterocycles. The van der Waals surface area contributed by atoms with E-state index in [2.05, 4.69) is 250 Å². The van der Waals surface area contributed by atoms with E-state index in [1.54, 1.807) is 0 Å². The van der Waals surface area contributed by atoms with Crippen LogP contribution in [0.25, 0.3) is 27.5 Å². The lowest BCUT2D eigenvalue weighted by Crippen LogP contribution is -2.30. The molecule has 0 radical (unpaired) electrons. The van der Waals surface area contributed by atoms with E-state index in [4.69, 9.17) is 0 Å². The summed E-state index contributed by atoms with van der Waals surface area (Å²) in [5, 5.41) is 2.25. The van der Waals surface area contributed by atoms with Gasteiger partial charge in [0.25, 0.3) is 0 Å². The van der Waals surface area contributed by atoms with E-state index in [1.165, 1.54) is 0 Å². The molecule has 6 heteroatoms. The van der Waals surface area contributed by atoms with Crippen molar-refractivity contribution in [1.29, 1.82) is 0 Å². The summed E-state index contributed by atoms with van der Waals surface area (Å²) in [4.78, 5) is 23.7. The minimum absolute atomic E-state index is 0.0776. The number of nitrogens with zero attached hydrogens (tertiary/aromatic N) is 5. The number of carbonyl (C=O) groups excluding carboxylic acids is 1. The van der Waals surface area contributed by atoms with Crippen molar-refractivity contribution < 1.29 is 4.79 Å². The van der Waals surface area contributed by atoms with Gasteiger partial charge in [0.1, 0.15) is 0 Å². The van der Waals surface area contributed by atoms with Gasteiger partial charge in [0.2, 0.25) is 0 Å². The number of hydrogen-bond acceptors (Lipinski definition) is 5. The minimum atomic E-state index is -0.389. The van der Waals surface area contributed by atoms with Crippen LogP contribution < -0.4 is 19.6 Å². The van der Waals surface area contributed by atoms with E-state index in [9.17, 15) is 4.79 Å². The molecule has 0 unspecified atom stereocenters. The molecule has 10 aromatic carbocycles. The summed E-state index contributed by atoms with van der Waals surface area (Å²) in [6.45, 7) is 4.48. The molecule has 0 atom stereocenters. The highest BCUT2D eigenvalue weighted by Crippen LogP contribution is 2.57. The summed E-state index contributed by atoms with van der Waals surface area (Å²) >= 11 is 0. The number of benzene rings is 10. The molecule has 6 nitrogen and oxygen atoms in total. The number of rotatable bonds is 5. The fraction of sp³-hybridized carbons (Fsp3) is 0.0469. The van der Waals surface area contributed by atoms with Gasteiger partial charge in [-0.05, 0) is 139 Å². The van der Waals surface area contributed by atoms with Gasteiger partial charge in [0.05, 0.1) is 56.5 Å². The minimum Gasteiger partial charge on any atom is -0.309 e. The Morgan fingerprint density at radius 2 is 0.643 bits per heavy atom. The number of ketones is 1. The molecule has 0 fully saturated rings. The monoisotopic (exact) mass is 899 g/mol. The van der Waals surface area contributed by atoms with Crippen LogP contribution in [0.1, 0.15) is 40.9 Å². The van der Waals surface area contributed by atoms with Crippen LogP contribution in [0.3, 0.4) is 0 Å². The van der Waals surface area contributed by atoms with Crippen LogP contribution >= 0.6 is 0 Å². The highest BCUT2D eigenvalue weighted by atomic mass is 16.1. The molecule has 70 heavy (non-hydrogen) atoms. The Balaban J connectivity index is 1.00. The van der Waals surface area contributed by atoms with Crippen molar-refractivity contribution in [3.8, 4) is 5.69 Å². The lowest BCUT2D eigenvalue weighted by molar-refractivity contribution is 0.103. The van der Waals surface area contributed by atoms with Gasteiger partial charge in [-0.3, -0.25) is 4.79 Å². The normalized spacial score (nSPS) is 14.2. The van der Waals surface area contributed by atoms with Gasteiger partial charge in [-0.2, -0.15) is 0 Å². The lowest BCUT2D eigenvalue weighted by atomic mass is 9.68. The first-order valence-electron chi connectivity index (χ1n) is 24.0. The summed E-state index contributed by atoms with van der Waals surface area (Å²) < 4.78 is 2.39. The molecule has 0 amide bonds. The molecule has 0 saturated heterocycles. The Morgan fingerprint density at radius 1 is 0.300 bits per heavy atom. The van der Waals surface area contributed by atoms with Gasteiger partial charge in [-0.1, -0.05) is 123 Å². The summed E-state index contributed by atoms with van der Waals surface area (Å²) in [6.07, 6.45) is 0. The Hall–Kier alpha value is -9.13.